The molecule has 0 aromatic rings. The molecule has 0 radical (unpaired) electrons. The summed E-state index contributed by atoms with van der Waals surface area (Å²) < 4.78 is 5.50. The third kappa shape index (κ3) is 9.50. The Hall–Kier alpha value is -0.800. The van der Waals surface area contributed by atoms with E-state index in [4.69, 9.17) is 4.74 Å². The first-order valence-corrected chi connectivity index (χ1v) is 5.53. The molecule has 0 heterocycles. The van der Waals surface area contributed by atoms with Gasteiger partial charge in [0.2, 0.25) is 0 Å². The number of hydrogen-bond acceptors (Lipinski definition) is 3. The highest BCUT2D eigenvalue weighted by Crippen LogP contribution is 2.12. The van der Waals surface area contributed by atoms with E-state index in [-0.39, 0.29) is 0 Å². The SMILES string of the molecule is C=C(CCCNC)OC(=C)CCCNC. The van der Waals surface area contributed by atoms with Crippen LogP contribution in [0.25, 0.3) is 0 Å². The van der Waals surface area contributed by atoms with Crippen LogP contribution in [0.3, 0.4) is 0 Å². The zero-order valence-electron chi connectivity index (χ0n) is 10.1. The van der Waals surface area contributed by atoms with E-state index in [0.29, 0.717) is 0 Å². The van der Waals surface area contributed by atoms with Crippen LogP contribution in [0.15, 0.2) is 24.7 Å². The highest BCUT2D eigenvalue weighted by atomic mass is 16.5. The summed E-state index contributed by atoms with van der Waals surface area (Å²) >= 11 is 0. The van der Waals surface area contributed by atoms with Crippen LogP contribution in [-0.2, 0) is 4.74 Å². The lowest BCUT2D eigenvalue weighted by atomic mass is 10.2. The average molecular weight is 212 g/mol. The normalized spacial score (nSPS) is 10.0. The maximum Gasteiger partial charge on any atom is 0.0964 e. The third-order valence-corrected chi connectivity index (χ3v) is 2.05. The van der Waals surface area contributed by atoms with Crippen molar-refractivity contribution >= 4 is 0 Å². The van der Waals surface area contributed by atoms with Gasteiger partial charge in [0.25, 0.3) is 0 Å². The van der Waals surface area contributed by atoms with Gasteiger partial charge in [-0.2, -0.15) is 0 Å². The molecule has 88 valence electrons. The molecule has 0 aromatic carbocycles. The Labute approximate surface area is 93.6 Å². The van der Waals surface area contributed by atoms with Crippen molar-refractivity contribution in [2.24, 2.45) is 0 Å². The van der Waals surface area contributed by atoms with Gasteiger partial charge in [-0.15, -0.1) is 0 Å². The molecule has 3 nitrogen and oxygen atoms in total. The predicted octanol–water partition coefficient (Wildman–Crippen LogP) is 2.03. The lowest BCUT2D eigenvalue weighted by molar-refractivity contribution is 0.276. The third-order valence-electron chi connectivity index (χ3n) is 2.05. The second-order valence-electron chi connectivity index (χ2n) is 3.59. The molecule has 0 atom stereocenters. The van der Waals surface area contributed by atoms with Gasteiger partial charge in [-0.3, -0.25) is 0 Å². The molecule has 0 bridgehead atoms. The minimum Gasteiger partial charge on any atom is -0.467 e. The first-order chi connectivity index (χ1) is 7.20. The van der Waals surface area contributed by atoms with Crippen molar-refractivity contribution in [3.63, 3.8) is 0 Å². The summed E-state index contributed by atoms with van der Waals surface area (Å²) in [5, 5.41) is 6.18. The summed E-state index contributed by atoms with van der Waals surface area (Å²) in [7, 11) is 3.89. The molecule has 2 N–H and O–H groups in total. The molecule has 0 saturated heterocycles. The molecule has 0 aliphatic rings. The largest absolute Gasteiger partial charge is 0.467 e. The van der Waals surface area contributed by atoms with E-state index >= 15 is 0 Å². The van der Waals surface area contributed by atoms with Gasteiger partial charge in [-0.1, -0.05) is 13.2 Å². The number of ether oxygens (including phenoxy) is 1. The predicted molar refractivity (Wildman–Crippen MR) is 65.7 cm³/mol. The zero-order chi connectivity index (χ0) is 11.5. The van der Waals surface area contributed by atoms with Crippen molar-refractivity contribution in [3.8, 4) is 0 Å². The quantitative estimate of drug-likeness (QED) is 0.429. The van der Waals surface area contributed by atoms with Gasteiger partial charge in [-0.25, -0.2) is 0 Å². The Kier molecular flexibility index (Phi) is 9.22. The summed E-state index contributed by atoms with van der Waals surface area (Å²) in [6.45, 7) is 9.73. The Bertz CT molecular complexity index is 170. The van der Waals surface area contributed by atoms with E-state index in [1.165, 1.54) is 0 Å². The molecule has 0 saturated carbocycles. The molecular formula is C12H24N2O. The second kappa shape index (κ2) is 9.74. The smallest absolute Gasteiger partial charge is 0.0964 e. The molecule has 3 heteroatoms. The molecule has 15 heavy (non-hydrogen) atoms. The van der Waals surface area contributed by atoms with Crippen LogP contribution in [0.1, 0.15) is 25.7 Å². The Morgan fingerprint density at radius 2 is 1.33 bits per heavy atom. The molecule has 0 fully saturated rings. The molecule has 0 spiro atoms. The van der Waals surface area contributed by atoms with Crippen molar-refractivity contribution in [3.05, 3.63) is 24.7 Å². The van der Waals surface area contributed by atoms with Crippen molar-refractivity contribution in [1.82, 2.24) is 10.6 Å². The minimum absolute atomic E-state index is 0.819. The van der Waals surface area contributed by atoms with Crippen LogP contribution in [0, 0.1) is 0 Å². The standard InChI is InChI=1S/C12H24N2O/c1-11(7-5-9-13-3)15-12(2)8-6-10-14-4/h13-14H,1-2,5-10H2,3-4H3. The van der Waals surface area contributed by atoms with Crippen LogP contribution in [0.2, 0.25) is 0 Å². The molecule has 0 aliphatic heterocycles. The molecule has 0 rings (SSSR count). The van der Waals surface area contributed by atoms with Gasteiger partial charge < -0.3 is 15.4 Å². The Balaban J connectivity index is 3.45. The summed E-state index contributed by atoms with van der Waals surface area (Å²) in [5.74, 6) is 1.64. The number of allylic oxidation sites excluding steroid dienone is 2. The van der Waals surface area contributed by atoms with Gasteiger partial charge in [-0.05, 0) is 40.0 Å². The highest BCUT2D eigenvalue weighted by molar-refractivity contribution is 4.93. The Morgan fingerprint density at radius 1 is 0.933 bits per heavy atom. The lowest BCUT2D eigenvalue weighted by Crippen LogP contribution is -2.08. The number of rotatable bonds is 10. The highest BCUT2D eigenvalue weighted by Gasteiger charge is 1.99. The molecule has 0 aliphatic carbocycles. The van der Waals surface area contributed by atoms with Gasteiger partial charge in [0.05, 0.1) is 11.5 Å². The van der Waals surface area contributed by atoms with Gasteiger partial charge in [0.15, 0.2) is 0 Å². The average Bonchev–Trinajstić information content (AvgIpc) is 2.18. The summed E-state index contributed by atoms with van der Waals surface area (Å²) in [4.78, 5) is 0. The summed E-state index contributed by atoms with van der Waals surface area (Å²) in [6.07, 6.45) is 3.90. The van der Waals surface area contributed by atoms with E-state index < -0.39 is 0 Å². The second-order valence-corrected chi connectivity index (χ2v) is 3.59. The lowest BCUT2D eigenvalue weighted by Gasteiger charge is -2.10. The van der Waals surface area contributed by atoms with Crippen LogP contribution in [-0.4, -0.2) is 27.2 Å². The first kappa shape index (κ1) is 14.2. The van der Waals surface area contributed by atoms with Gasteiger partial charge in [0.1, 0.15) is 0 Å². The molecule has 0 amide bonds. The number of nitrogens with one attached hydrogen (secondary N) is 2. The van der Waals surface area contributed by atoms with E-state index in [1.807, 2.05) is 14.1 Å². The fourth-order valence-electron chi connectivity index (χ4n) is 1.23. The van der Waals surface area contributed by atoms with Crippen LogP contribution < -0.4 is 10.6 Å². The summed E-state index contributed by atoms with van der Waals surface area (Å²) in [6, 6.07) is 0. The number of hydrogen-bond donors (Lipinski definition) is 2. The molecular weight excluding hydrogens is 188 g/mol. The van der Waals surface area contributed by atoms with E-state index in [1.54, 1.807) is 0 Å². The van der Waals surface area contributed by atoms with E-state index in [0.717, 1.165) is 50.3 Å². The van der Waals surface area contributed by atoms with Crippen molar-refractivity contribution < 1.29 is 4.74 Å². The van der Waals surface area contributed by atoms with Crippen molar-refractivity contribution in [2.75, 3.05) is 27.2 Å². The fraction of sp³-hybridized carbons (Fsp3) is 0.667. The maximum absolute atomic E-state index is 5.50. The van der Waals surface area contributed by atoms with Crippen molar-refractivity contribution in [1.29, 1.82) is 0 Å². The van der Waals surface area contributed by atoms with Gasteiger partial charge >= 0.3 is 0 Å². The zero-order valence-corrected chi connectivity index (χ0v) is 10.1. The fourth-order valence-corrected chi connectivity index (χ4v) is 1.23. The Morgan fingerprint density at radius 3 is 1.67 bits per heavy atom. The minimum atomic E-state index is 0.819. The topological polar surface area (TPSA) is 33.3 Å². The first-order valence-electron chi connectivity index (χ1n) is 5.53. The van der Waals surface area contributed by atoms with Gasteiger partial charge in [0, 0.05) is 12.8 Å². The maximum atomic E-state index is 5.50. The van der Waals surface area contributed by atoms with E-state index in [2.05, 4.69) is 23.8 Å². The molecule has 0 unspecified atom stereocenters. The summed E-state index contributed by atoms with van der Waals surface area (Å²) in [5.41, 5.74) is 0. The molecule has 0 aromatic heterocycles. The monoisotopic (exact) mass is 212 g/mol. The van der Waals surface area contributed by atoms with Crippen LogP contribution in [0.5, 0.6) is 0 Å². The van der Waals surface area contributed by atoms with E-state index in [9.17, 15) is 0 Å². The van der Waals surface area contributed by atoms with Crippen LogP contribution in [0.4, 0.5) is 0 Å². The van der Waals surface area contributed by atoms with Crippen molar-refractivity contribution in [2.45, 2.75) is 25.7 Å². The van der Waals surface area contributed by atoms with Crippen LogP contribution >= 0.6 is 0 Å².